The van der Waals surface area contributed by atoms with Crippen LogP contribution in [0, 0.1) is 12.8 Å². The number of hydrogen-bond acceptors (Lipinski definition) is 2. The molecule has 4 nitrogen and oxygen atoms in total. The first-order valence-corrected chi connectivity index (χ1v) is 8.86. The van der Waals surface area contributed by atoms with Crippen LogP contribution < -0.4 is 5.32 Å². The standard InChI is InChI=1S/C19H28N2O2/c1-3-18-11-17(8-9-23-18)20-19(22)21-12-16(13-21)10-15-6-4-14(2)5-7-15/h4-7,16-18H,3,8-13H2,1-2H3,(H,20,22). The zero-order valence-electron chi connectivity index (χ0n) is 14.3. The third-order valence-electron chi connectivity index (χ3n) is 5.04. The van der Waals surface area contributed by atoms with Crippen LogP contribution in [-0.2, 0) is 11.2 Å². The largest absolute Gasteiger partial charge is 0.378 e. The highest BCUT2D eigenvalue weighted by Crippen LogP contribution is 2.22. The highest BCUT2D eigenvalue weighted by atomic mass is 16.5. The monoisotopic (exact) mass is 316 g/mol. The Morgan fingerprint density at radius 2 is 2.04 bits per heavy atom. The summed E-state index contributed by atoms with van der Waals surface area (Å²) in [4.78, 5) is 14.2. The SMILES string of the molecule is CCC1CC(NC(=O)N2CC(Cc3ccc(C)cc3)C2)CCO1. The van der Waals surface area contributed by atoms with E-state index in [2.05, 4.69) is 43.4 Å². The van der Waals surface area contributed by atoms with Gasteiger partial charge in [0.2, 0.25) is 0 Å². The van der Waals surface area contributed by atoms with Crippen molar-refractivity contribution >= 4 is 6.03 Å². The first kappa shape index (κ1) is 16.3. The molecule has 2 amide bonds. The van der Waals surface area contributed by atoms with Gasteiger partial charge in [0, 0.05) is 25.7 Å². The summed E-state index contributed by atoms with van der Waals surface area (Å²) < 4.78 is 5.67. The van der Waals surface area contributed by atoms with Gasteiger partial charge in [-0.2, -0.15) is 0 Å². The van der Waals surface area contributed by atoms with Gasteiger partial charge < -0.3 is 15.0 Å². The lowest BCUT2D eigenvalue weighted by Crippen LogP contribution is -2.56. The highest BCUT2D eigenvalue weighted by molar-refractivity contribution is 5.75. The van der Waals surface area contributed by atoms with Crippen molar-refractivity contribution in [2.24, 2.45) is 5.92 Å². The number of amides is 2. The van der Waals surface area contributed by atoms with Crippen LogP contribution in [0.4, 0.5) is 4.79 Å². The number of ether oxygens (including phenoxy) is 1. The van der Waals surface area contributed by atoms with Crippen molar-refractivity contribution in [3.05, 3.63) is 35.4 Å². The predicted octanol–water partition coefficient (Wildman–Crippen LogP) is 3.14. The summed E-state index contributed by atoms with van der Waals surface area (Å²) in [5.41, 5.74) is 2.67. The summed E-state index contributed by atoms with van der Waals surface area (Å²) in [5.74, 6) is 0.599. The van der Waals surface area contributed by atoms with Gasteiger partial charge in [0.1, 0.15) is 0 Å². The average Bonchev–Trinajstić information content (AvgIpc) is 2.52. The van der Waals surface area contributed by atoms with Crippen LogP contribution in [0.3, 0.4) is 0 Å². The Hall–Kier alpha value is -1.55. The Balaban J connectivity index is 1.40. The first-order chi connectivity index (χ1) is 11.1. The zero-order valence-corrected chi connectivity index (χ0v) is 14.3. The molecule has 126 valence electrons. The summed E-state index contributed by atoms with van der Waals surface area (Å²) in [7, 11) is 0. The molecule has 4 heteroatoms. The lowest BCUT2D eigenvalue weighted by Gasteiger charge is -2.41. The average molecular weight is 316 g/mol. The summed E-state index contributed by atoms with van der Waals surface area (Å²) in [6, 6.07) is 9.10. The fourth-order valence-electron chi connectivity index (χ4n) is 3.48. The zero-order chi connectivity index (χ0) is 16.2. The van der Waals surface area contributed by atoms with Crippen molar-refractivity contribution in [3.8, 4) is 0 Å². The second-order valence-corrected chi connectivity index (χ2v) is 7.03. The lowest BCUT2D eigenvalue weighted by atomic mass is 9.92. The molecule has 3 rings (SSSR count). The van der Waals surface area contributed by atoms with E-state index in [4.69, 9.17) is 4.74 Å². The molecular weight excluding hydrogens is 288 g/mol. The van der Waals surface area contributed by atoms with E-state index in [1.807, 2.05) is 4.90 Å². The van der Waals surface area contributed by atoms with Crippen LogP contribution in [0.5, 0.6) is 0 Å². The quantitative estimate of drug-likeness (QED) is 0.927. The summed E-state index contributed by atoms with van der Waals surface area (Å²) >= 11 is 0. The third-order valence-corrected chi connectivity index (χ3v) is 5.04. The van der Waals surface area contributed by atoms with Gasteiger partial charge in [0.15, 0.2) is 0 Å². The maximum Gasteiger partial charge on any atom is 0.317 e. The number of benzene rings is 1. The van der Waals surface area contributed by atoms with Gasteiger partial charge in [-0.25, -0.2) is 4.79 Å². The van der Waals surface area contributed by atoms with E-state index in [-0.39, 0.29) is 12.1 Å². The number of carbonyl (C=O) groups is 1. The minimum atomic E-state index is 0.104. The fourth-order valence-corrected chi connectivity index (χ4v) is 3.48. The number of carbonyl (C=O) groups excluding carboxylic acids is 1. The van der Waals surface area contributed by atoms with Crippen LogP contribution in [0.2, 0.25) is 0 Å². The van der Waals surface area contributed by atoms with Crippen molar-refractivity contribution < 1.29 is 9.53 Å². The van der Waals surface area contributed by atoms with Crippen LogP contribution in [-0.4, -0.2) is 42.8 Å². The first-order valence-electron chi connectivity index (χ1n) is 8.86. The molecule has 2 heterocycles. The molecule has 2 unspecified atom stereocenters. The van der Waals surface area contributed by atoms with Crippen molar-refractivity contribution in [3.63, 3.8) is 0 Å². The summed E-state index contributed by atoms with van der Waals surface area (Å²) in [6.45, 7) is 6.76. The third kappa shape index (κ3) is 4.25. The van der Waals surface area contributed by atoms with Crippen molar-refractivity contribution in [1.29, 1.82) is 0 Å². The number of likely N-dealkylation sites (tertiary alicyclic amines) is 1. The number of nitrogens with zero attached hydrogens (tertiary/aromatic N) is 1. The topological polar surface area (TPSA) is 41.6 Å². The van der Waals surface area contributed by atoms with E-state index in [1.165, 1.54) is 11.1 Å². The van der Waals surface area contributed by atoms with E-state index in [1.54, 1.807) is 0 Å². The summed E-state index contributed by atoms with van der Waals surface area (Å²) in [6.07, 6.45) is 4.28. The molecule has 23 heavy (non-hydrogen) atoms. The van der Waals surface area contributed by atoms with Gasteiger partial charge in [-0.3, -0.25) is 0 Å². The normalized spacial score (nSPS) is 25.0. The van der Waals surface area contributed by atoms with Crippen molar-refractivity contribution in [1.82, 2.24) is 10.2 Å². The smallest absolute Gasteiger partial charge is 0.317 e. The molecule has 2 saturated heterocycles. The van der Waals surface area contributed by atoms with Crippen LogP contribution in [0.1, 0.15) is 37.3 Å². The van der Waals surface area contributed by atoms with Crippen molar-refractivity contribution in [2.75, 3.05) is 19.7 Å². The molecule has 2 aliphatic heterocycles. The molecule has 0 aliphatic carbocycles. The molecule has 1 aromatic carbocycles. The molecule has 0 radical (unpaired) electrons. The second-order valence-electron chi connectivity index (χ2n) is 7.03. The Morgan fingerprint density at radius 1 is 1.30 bits per heavy atom. The number of urea groups is 1. The Labute approximate surface area is 139 Å². The molecule has 1 N–H and O–H groups in total. The number of rotatable bonds is 4. The summed E-state index contributed by atoms with van der Waals surface area (Å²) in [5, 5.41) is 3.18. The molecule has 2 aliphatic rings. The molecular formula is C19H28N2O2. The lowest BCUT2D eigenvalue weighted by molar-refractivity contribution is 0.000154. The van der Waals surface area contributed by atoms with Gasteiger partial charge in [-0.05, 0) is 44.1 Å². The molecule has 2 atom stereocenters. The van der Waals surface area contributed by atoms with Gasteiger partial charge >= 0.3 is 6.03 Å². The van der Waals surface area contributed by atoms with E-state index in [0.717, 1.165) is 45.4 Å². The molecule has 1 aromatic rings. The maximum atomic E-state index is 12.3. The van der Waals surface area contributed by atoms with Gasteiger partial charge in [0.25, 0.3) is 0 Å². The Kier molecular flexibility index (Phi) is 5.21. The maximum absolute atomic E-state index is 12.3. The molecule has 0 bridgehead atoms. The highest BCUT2D eigenvalue weighted by Gasteiger charge is 2.32. The van der Waals surface area contributed by atoms with Gasteiger partial charge in [-0.1, -0.05) is 36.8 Å². The van der Waals surface area contributed by atoms with Gasteiger partial charge in [-0.15, -0.1) is 0 Å². The van der Waals surface area contributed by atoms with Gasteiger partial charge in [0.05, 0.1) is 6.10 Å². The fraction of sp³-hybridized carbons (Fsp3) is 0.632. The van der Waals surface area contributed by atoms with Crippen molar-refractivity contribution in [2.45, 2.75) is 51.7 Å². The Bertz CT molecular complexity index is 523. The molecule has 0 saturated carbocycles. The van der Waals surface area contributed by atoms with E-state index in [9.17, 15) is 4.79 Å². The number of hydrogen-bond donors (Lipinski definition) is 1. The molecule has 0 aromatic heterocycles. The molecule has 2 fully saturated rings. The minimum Gasteiger partial charge on any atom is -0.378 e. The second kappa shape index (κ2) is 7.35. The van der Waals surface area contributed by atoms with E-state index >= 15 is 0 Å². The molecule has 0 spiro atoms. The van der Waals surface area contributed by atoms with E-state index < -0.39 is 0 Å². The number of aryl methyl sites for hydroxylation is 1. The Morgan fingerprint density at radius 3 is 2.74 bits per heavy atom. The number of nitrogens with one attached hydrogen (secondary N) is 1. The van der Waals surface area contributed by atoms with E-state index in [0.29, 0.717) is 12.0 Å². The predicted molar refractivity (Wildman–Crippen MR) is 91.5 cm³/mol. The van der Waals surface area contributed by atoms with Crippen LogP contribution in [0.25, 0.3) is 0 Å². The van der Waals surface area contributed by atoms with Crippen LogP contribution in [0.15, 0.2) is 24.3 Å². The minimum absolute atomic E-state index is 0.104. The van der Waals surface area contributed by atoms with Crippen LogP contribution >= 0.6 is 0 Å².